The van der Waals surface area contributed by atoms with Crippen molar-refractivity contribution < 1.29 is 9.59 Å². The smallest absolute Gasteiger partial charge is 0.224 e. The molecule has 1 N–H and O–H groups in total. The summed E-state index contributed by atoms with van der Waals surface area (Å²) >= 11 is 0. The maximum atomic E-state index is 12.5. The van der Waals surface area contributed by atoms with Gasteiger partial charge in [0.25, 0.3) is 0 Å². The quantitative estimate of drug-likeness (QED) is 0.756. The molecule has 0 atom stereocenters. The highest BCUT2D eigenvalue weighted by Gasteiger charge is 2.23. The van der Waals surface area contributed by atoms with Gasteiger partial charge in [0.1, 0.15) is 0 Å². The van der Waals surface area contributed by atoms with Gasteiger partial charge in [-0.1, -0.05) is 46.5 Å². The number of nitrogens with zero attached hydrogens (tertiary/aromatic N) is 2. The highest BCUT2D eigenvalue weighted by atomic mass is 16.2. The van der Waals surface area contributed by atoms with Gasteiger partial charge < -0.3 is 15.1 Å². The van der Waals surface area contributed by atoms with Crippen molar-refractivity contribution in [1.82, 2.24) is 4.90 Å². The van der Waals surface area contributed by atoms with Crippen LogP contribution < -0.4 is 10.2 Å². The minimum Gasteiger partial charge on any atom is -0.368 e. The zero-order valence-electron chi connectivity index (χ0n) is 18.4. The van der Waals surface area contributed by atoms with Crippen molar-refractivity contribution in [1.29, 1.82) is 0 Å². The van der Waals surface area contributed by atoms with Gasteiger partial charge >= 0.3 is 0 Å². The molecule has 1 saturated carbocycles. The molecule has 1 aliphatic heterocycles. The molecule has 0 bridgehead atoms. The second kappa shape index (κ2) is 9.64. The molecular formula is C24H37N3O2. The second-order valence-electron chi connectivity index (χ2n) is 9.89. The number of hydrogen-bond acceptors (Lipinski definition) is 3. The number of carbonyl (C=O) groups excluding carboxylic acids is 2. The first-order valence-corrected chi connectivity index (χ1v) is 11.2. The first-order valence-electron chi connectivity index (χ1n) is 11.2. The number of anilines is 2. The first kappa shape index (κ1) is 21.7. The molecule has 1 aromatic carbocycles. The van der Waals surface area contributed by atoms with Crippen LogP contribution in [0.4, 0.5) is 11.4 Å². The van der Waals surface area contributed by atoms with E-state index in [9.17, 15) is 9.59 Å². The summed E-state index contributed by atoms with van der Waals surface area (Å²) in [5.74, 6) is 1.16. The molecule has 29 heavy (non-hydrogen) atoms. The molecular weight excluding hydrogens is 362 g/mol. The topological polar surface area (TPSA) is 52.7 Å². The van der Waals surface area contributed by atoms with Crippen LogP contribution in [0.5, 0.6) is 0 Å². The molecule has 2 fully saturated rings. The Morgan fingerprint density at radius 3 is 2.21 bits per heavy atom. The third-order valence-electron chi connectivity index (χ3n) is 6.08. The standard InChI is InChI=1S/C24H37N3O2/c1-24(2,3)18-22(28)25-20-9-11-21(12-10-20)26-14-16-27(17-15-26)23(29)13-8-19-6-4-5-7-19/h9-12,19H,4-8,13-18H2,1-3H3,(H,25,28). The SMILES string of the molecule is CC(C)(C)CC(=O)Nc1ccc(N2CCN(C(=O)CCC3CCCC3)CC2)cc1. The lowest BCUT2D eigenvalue weighted by molar-refractivity contribution is -0.131. The summed E-state index contributed by atoms with van der Waals surface area (Å²) in [6, 6.07) is 8.05. The molecule has 160 valence electrons. The number of carbonyl (C=O) groups is 2. The van der Waals surface area contributed by atoms with E-state index in [1.54, 1.807) is 0 Å². The lowest BCUT2D eigenvalue weighted by Gasteiger charge is -2.36. The Morgan fingerprint density at radius 2 is 1.62 bits per heavy atom. The molecule has 2 amide bonds. The molecule has 1 saturated heterocycles. The van der Waals surface area contributed by atoms with E-state index in [1.165, 1.54) is 25.7 Å². The Bertz CT molecular complexity index is 679. The van der Waals surface area contributed by atoms with Crippen LogP contribution >= 0.6 is 0 Å². The summed E-state index contributed by atoms with van der Waals surface area (Å²) in [6.45, 7) is 9.52. The molecule has 0 spiro atoms. The number of nitrogens with one attached hydrogen (secondary N) is 1. The van der Waals surface area contributed by atoms with Crippen molar-refractivity contribution >= 4 is 23.2 Å². The average Bonchev–Trinajstić information content (AvgIpc) is 3.19. The molecule has 0 unspecified atom stereocenters. The number of piperazine rings is 1. The summed E-state index contributed by atoms with van der Waals surface area (Å²) in [4.78, 5) is 29.0. The minimum absolute atomic E-state index is 0.0156. The highest BCUT2D eigenvalue weighted by Crippen LogP contribution is 2.29. The van der Waals surface area contributed by atoms with Crippen LogP contribution in [0.15, 0.2) is 24.3 Å². The van der Waals surface area contributed by atoms with Crippen molar-refractivity contribution in [2.75, 3.05) is 36.4 Å². The fourth-order valence-electron chi connectivity index (χ4n) is 4.44. The van der Waals surface area contributed by atoms with E-state index in [4.69, 9.17) is 0 Å². The maximum Gasteiger partial charge on any atom is 0.224 e. The number of rotatable bonds is 6. The van der Waals surface area contributed by atoms with Crippen molar-refractivity contribution in [3.05, 3.63) is 24.3 Å². The number of hydrogen-bond donors (Lipinski definition) is 1. The minimum atomic E-state index is -0.0156. The molecule has 1 aliphatic carbocycles. The van der Waals surface area contributed by atoms with Crippen molar-refractivity contribution in [3.63, 3.8) is 0 Å². The van der Waals surface area contributed by atoms with Gasteiger partial charge in [-0.05, 0) is 42.0 Å². The molecule has 1 heterocycles. The lowest BCUT2D eigenvalue weighted by Crippen LogP contribution is -2.48. The van der Waals surface area contributed by atoms with E-state index in [-0.39, 0.29) is 11.3 Å². The van der Waals surface area contributed by atoms with Gasteiger partial charge in [0.15, 0.2) is 0 Å². The number of benzene rings is 1. The zero-order chi connectivity index (χ0) is 20.9. The molecule has 3 rings (SSSR count). The average molecular weight is 400 g/mol. The molecule has 0 radical (unpaired) electrons. The van der Waals surface area contributed by atoms with Gasteiger partial charge in [-0.25, -0.2) is 0 Å². The van der Waals surface area contributed by atoms with E-state index in [2.05, 4.69) is 43.1 Å². The van der Waals surface area contributed by atoms with E-state index >= 15 is 0 Å². The van der Waals surface area contributed by atoms with Crippen LogP contribution in [0, 0.1) is 11.3 Å². The monoisotopic (exact) mass is 399 g/mol. The van der Waals surface area contributed by atoms with E-state index in [1.807, 2.05) is 17.0 Å². The van der Waals surface area contributed by atoms with E-state index in [0.717, 1.165) is 49.9 Å². The van der Waals surface area contributed by atoms with E-state index < -0.39 is 0 Å². The Labute approximate surface area is 175 Å². The maximum absolute atomic E-state index is 12.5. The third kappa shape index (κ3) is 6.76. The van der Waals surface area contributed by atoms with Gasteiger partial charge in [0.2, 0.25) is 11.8 Å². The van der Waals surface area contributed by atoms with Gasteiger partial charge in [0.05, 0.1) is 0 Å². The molecule has 1 aromatic rings. The van der Waals surface area contributed by atoms with E-state index in [0.29, 0.717) is 18.7 Å². The summed E-state index contributed by atoms with van der Waals surface area (Å²) in [7, 11) is 0. The normalized spacial score (nSPS) is 18.2. The lowest BCUT2D eigenvalue weighted by atomic mass is 9.92. The summed E-state index contributed by atoms with van der Waals surface area (Å²) in [6.07, 6.45) is 7.61. The van der Waals surface area contributed by atoms with Gasteiger partial charge in [-0.3, -0.25) is 9.59 Å². The van der Waals surface area contributed by atoms with Crippen LogP contribution in [0.25, 0.3) is 0 Å². The third-order valence-corrected chi connectivity index (χ3v) is 6.08. The first-order chi connectivity index (χ1) is 13.8. The Morgan fingerprint density at radius 1 is 1.00 bits per heavy atom. The Kier molecular flexibility index (Phi) is 7.20. The van der Waals surface area contributed by atoms with Crippen LogP contribution in [-0.4, -0.2) is 42.9 Å². The van der Waals surface area contributed by atoms with Crippen molar-refractivity contribution in [2.45, 2.75) is 65.7 Å². The summed E-state index contributed by atoms with van der Waals surface area (Å²) in [5, 5.41) is 2.98. The van der Waals surface area contributed by atoms with Gasteiger partial charge in [0, 0.05) is 50.4 Å². The molecule has 5 heteroatoms. The molecule has 0 aromatic heterocycles. The predicted octanol–water partition coefficient (Wildman–Crippen LogP) is 4.68. The molecule has 2 aliphatic rings. The second-order valence-corrected chi connectivity index (χ2v) is 9.89. The van der Waals surface area contributed by atoms with Gasteiger partial charge in [-0.2, -0.15) is 0 Å². The van der Waals surface area contributed by atoms with Gasteiger partial charge in [-0.15, -0.1) is 0 Å². The molecule has 5 nitrogen and oxygen atoms in total. The van der Waals surface area contributed by atoms with Crippen LogP contribution in [0.3, 0.4) is 0 Å². The highest BCUT2D eigenvalue weighted by molar-refractivity contribution is 5.91. The van der Waals surface area contributed by atoms with Crippen molar-refractivity contribution in [2.24, 2.45) is 11.3 Å². The summed E-state index contributed by atoms with van der Waals surface area (Å²) in [5.41, 5.74) is 1.97. The Hall–Kier alpha value is -2.04. The van der Waals surface area contributed by atoms with Crippen LogP contribution in [-0.2, 0) is 9.59 Å². The zero-order valence-corrected chi connectivity index (χ0v) is 18.4. The van der Waals surface area contributed by atoms with Crippen LogP contribution in [0.1, 0.15) is 65.7 Å². The summed E-state index contributed by atoms with van der Waals surface area (Å²) < 4.78 is 0. The number of amides is 2. The van der Waals surface area contributed by atoms with Crippen LogP contribution in [0.2, 0.25) is 0 Å². The fourth-order valence-corrected chi connectivity index (χ4v) is 4.44. The predicted molar refractivity (Wildman–Crippen MR) is 119 cm³/mol. The van der Waals surface area contributed by atoms with Crippen molar-refractivity contribution in [3.8, 4) is 0 Å². The largest absolute Gasteiger partial charge is 0.368 e. The fraction of sp³-hybridized carbons (Fsp3) is 0.667. The Balaban J connectivity index is 1.43.